The van der Waals surface area contributed by atoms with Gasteiger partial charge in [-0.15, -0.1) is 0 Å². The summed E-state index contributed by atoms with van der Waals surface area (Å²) in [6, 6.07) is 78.1. The fraction of sp³-hybridized carbons (Fsp3) is 0.0526. The maximum absolute atomic E-state index is 5.24. The summed E-state index contributed by atoms with van der Waals surface area (Å²) in [4.78, 5) is 10.5. The van der Waals surface area contributed by atoms with Crippen LogP contribution >= 0.6 is 0 Å². The van der Waals surface area contributed by atoms with Gasteiger partial charge in [0.25, 0.3) is 0 Å². The second-order valence-electron chi connectivity index (χ2n) is 15.8. The van der Waals surface area contributed by atoms with Gasteiger partial charge in [-0.1, -0.05) is 224 Å². The predicted molar refractivity (Wildman–Crippen MR) is 252 cm³/mol. The van der Waals surface area contributed by atoms with E-state index < -0.39 is 0 Å². The minimum Gasteiger partial charge on any atom is -0.299 e. The fourth-order valence-electron chi connectivity index (χ4n) is 8.93. The van der Waals surface area contributed by atoms with Gasteiger partial charge in [0.1, 0.15) is 11.5 Å². The molecule has 1 N–H and O–H groups in total. The van der Waals surface area contributed by atoms with Crippen molar-refractivity contribution in [2.45, 2.75) is 18.5 Å². The van der Waals surface area contributed by atoms with Crippen molar-refractivity contribution in [3.63, 3.8) is 0 Å². The van der Waals surface area contributed by atoms with E-state index >= 15 is 0 Å². The van der Waals surface area contributed by atoms with E-state index in [0.717, 1.165) is 51.0 Å². The first-order valence-corrected chi connectivity index (χ1v) is 21.0. The van der Waals surface area contributed by atoms with Gasteiger partial charge in [-0.3, -0.25) is 9.72 Å². The maximum atomic E-state index is 5.24. The van der Waals surface area contributed by atoms with Gasteiger partial charge in [0.05, 0.1) is 11.7 Å². The lowest BCUT2D eigenvalue weighted by Crippen LogP contribution is -2.29. The minimum atomic E-state index is 0.0879. The molecule has 3 heterocycles. The van der Waals surface area contributed by atoms with Crippen LogP contribution < -0.4 is 5.32 Å². The molecule has 61 heavy (non-hydrogen) atoms. The highest BCUT2D eigenvalue weighted by Gasteiger charge is 2.25. The van der Waals surface area contributed by atoms with Crippen LogP contribution in [-0.2, 0) is 0 Å². The number of benzene rings is 8. The monoisotopic (exact) mass is 782 g/mol. The zero-order valence-electron chi connectivity index (χ0n) is 33.6. The molecule has 0 saturated heterocycles. The smallest absolute Gasteiger partial charge is 0.163 e. The first-order valence-electron chi connectivity index (χ1n) is 21.0. The fourth-order valence-corrected chi connectivity index (χ4v) is 8.93. The summed E-state index contributed by atoms with van der Waals surface area (Å²) in [6.07, 6.45) is 3.33. The first-order chi connectivity index (χ1) is 30.2. The lowest BCUT2D eigenvalue weighted by Gasteiger charge is -2.31. The molecule has 290 valence electrons. The van der Waals surface area contributed by atoms with Crippen LogP contribution in [0.2, 0.25) is 0 Å². The van der Waals surface area contributed by atoms with Gasteiger partial charge in [0.2, 0.25) is 0 Å². The molecule has 0 aliphatic carbocycles. The van der Waals surface area contributed by atoms with Crippen molar-refractivity contribution in [3.8, 4) is 56.3 Å². The van der Waals surface area contributed by atoms with E-state index in [2.05, 4.69) is 210 Å². The molecule has 1 aliphatic heterocycles. The number of aromatic nitrogens is 3. The second-order valence-corrected chi connectivity index (χ2v) is 15.8. The molecule has 0 bridgehead atoms. The minimum absolute atomic E-state index is 0.0879. The molecule has 4 heteroatoms. The molecule has 8 aromatic carbocycles. The molecule has 2 aromatic heterocycles. The highest BCUT2D eigenvalue weighted by atomic mass is 15.1. The standard InChI is InChI=1S/C57H42N4/c1-5-15-39(16-6-1)40-29-33-45(34-30-40)53-38-49(37-52(58-53)44-17-7-2-8-18-44)43-27-25-41(26-28-43)42-31-35-46(36-32-42)54-50-23-13-14-24-51(50)57-60-55(47-19-9-3-10-20-47)59-56(61(54)57)48-21-11-4-12-22-48/h1-36,38,52-53,58H,37H2. The van der Waals surface area contributed by atoms with Crippen LogP contribution in [0.3, 0.4) is 0 Å². The third-order valence-electron chi connectivity index (χ3n) is 12.1. The SMILES string of the molecule is C1=C(c2ccc(-c3ccc(-c4c5ccccc5c5nc(-c6ccccc6)nc(-c6ccccc6)n45)cc3)cc2)CC(c2ccccc2)NC1c1ccc(-c2ccccc2)cc1. The Kier molecular flexibility index (Phi) is 9.45. The number of fused-ring (bicyclic) bond motifs is 3. The molecule has 0 spiro atoms. The highest BCUT2D eigenvalue weighted by Crippen LogP contribution is 2.40. The van der Waals surface area contributed by atoms with E-state index in [4.69, 9.17) is 9.97 Å². The molecule has 4 nitrogen and oxygen atoms in total. The van der Waals surface area contributed by atoms with Gasteiger partial charge in [-0.25, -0.2) is 9.97 Å². The maximum Gasteiger partial charge on any atom is 0.163 e. The summed E-state index contributed by atoms with van der Waals surface area (Å²) in [6.45, 7) is 0. The third-order valence-corrected chi connectivity index (χ3v) is 12.1. The van der Waals surface area contributed by atoms with E-state index in [9.17, 15) is 0 Å². The predicted octanol–water partition coefficient (Wildman–Crippen LogP) is 14.1. The normalized spacial score (nSPS) is 15.2. The molecule has 2 atom stereocenters. The average Bonchev–Trinajstić information content (AvgIpc) is 3.69. The summed E-state index contributed by atoms with van der Waals surface area (Å²) >= 11 is 0. The molecule has 1 aliphatic rings. The van der Waals surface area contributed by atoms with E-state index in [-0.39, 0.29) is 12.1 Å². The van der Waals surface area contributed by atoms with E-state index in [1.165, 1.54) is 44.5 Å². The van der Waals surface area contributed by atoms with Gasteiger partial charge in [-0.2, -0.15) is 0 Å². The highest BCUT2D eigenvalue weighted by molar-refractivity contribution is 6.06. The van der Waals surface area contributed by atoms with Crippen molar-refractivity contribution >= 4 is 22.0 Å². The Balaban J connectivity index is 0.934. The Morgan fingerprint density at radius 3 is 1.49 bits per heavy atom. The van der Waals surface area contributed by atoms with Crippen LogP contribution in [-0.4, -0.2) is 14.4 Å². The molecule has 0 saturated carbocycles. The van der Waals surface area contributed by atoms with Crippen molar-refractivity contribution in [2.24, 2.45) is 0 Å². The van der Waals surface area contributed by atoms with Crippen molar-refractivity contribution in [1.29, 1.82) is 0 Å². The van der Waals surface area contributed by atoms with Crippen LogP contribution in [0, 0.1) is 0 Å². The van der Waals surface area contributed by atoms with Gasteiger partial charge >= 0.3 is 0 Å². The summed E-state index contributed by atoms with van der Waals surface area (Å²) in [5.41, 5.74) is 15.1. The summed E-state index contributed by atoms with van der Waals surface area (Å²) in [5.74, 6) is 1.58. The van der Waals surface area contributed by atoms with Gasteiger partial charge in [-0.05, 0) is 56.5 Å². The molecule has 0 radical (unpaired) electrons. The first kappa shape index (κ1) is 36.4. The lowest BCUT2D eigenvalue weighted by atomic mass is 9.86. The zero-order valence-corrected chi connectivity index (χ0v) is 33.6. The lowest BCUT2D eigenvalue weighted by molar-refractivity contribution is 0.483. The Morgan fingerprint density at radius 1 is 0.393 bits per heavy atom. The Bertz CT molecular complexity index is 3140. The van der Waals surface area contributed by atoms with Crippen molar-refractivity contribution in [3.05, 3.63) is 241 Å². The Hall–Kier alpha value is -7.66. The number of rotatable bonds is 8. The number of nitrogens with zero attached hydrogens (tertiary/aromatic N) is 3. The molecule has 10 aromatic rings. The largest absolute Gasteiger partial charge is 0.299 e. The second kappa shape index (κ2) is 15.8. The van der Waals surface area contributed by atoms with E-state index in [0.29, 0.717) is 5.82 Å². The average molecular weight is 783 g/mol. The number of hydrogen-bond acceptors (Lipinski definition) is 3. The molecule has 0 fully saturated rings. The molecular formula is C57H42N4. The summed E-state index contributed by atoms with van der Waals surface area (Å²) in [5, 5.41) is 6.20. The van der Waals surface area contributed by atoms with Crippen LogP contribution in [0.1, 0.15) is 35.2 Å². The Labute approximate surface area is 356 Å². The van der Waals surface area contributed by atoms with Crippen molar-refractivity contribution < 1.29 is 0 Å². The number of hydrogen-bond donors (Lipinski definition) is 1. The van der Waals surface area contributed by atoms with Gasteiger partial charge in [0, 0.05) is 27.9 Å². The van der Waals surface area contributed by atoms with Gasteiger partial charge in [0.15, 0.2) is 5.82 Å². The van der Waals surface area contributed by atoms with E-state index in [1.807, 2.05) is 24.3 Å². The third kappa shape index (κ3) is 7.03. The molecule has 2 unspecified atom stereocenters. The Morgan fingerprint density at radius 2 is 0.869 bits per heavy atom. The van der Waals surface area contributed by atoms with Crippen LogP contribution in [0.15, 0.2) is 224 Å². The van der Waals surface area contributed by atoms with Crippen molar-refractivity contribution in [2.75, 3.05) is 0 Å². The number of nitrogens with one attached hydrogen (secondary N) is 1. The van der Waals surface area contributed by atoms with Crippen molar-refractivity contribution in [1.82, 2.24) is 19.7 Å². The zero-order chi connectivity index (χ0) is 40.5. The van der Waals surface area contributed by atoms with Crippen LogP contribution in [0.5, 0.6) is 0 Å². The van der Waals surface area contributed by atoms with Crippen LogP contribution in [0.25, 0.3) is 78.3 Å². The van der Waals surface area contributed by atoms with Crippen LogP contribution in [0.4, 0.5) is 0 Å². The summed E-state index contributed by atoms with van der Waals surface area (Å²) < 4.78 is 2.25. The molecule has 11 rings (SSSR count). The summed E-state index contributed by atoms with van der Waals surface area (Å²) in [7, 11) is 0. The quantitative estimate of drug-likeness (QED) is 0.167. The van der Waals surface area contributed by atoms with Gasteiger partial charge < -0.3 is 0 Å². The molecule has 0 amide bonds. The van der Waals surface area contributed by atoms with E-state index in [1.54, 1.807) is 0 Å². The molecular weight excluding hydrogens is 741 g/mol. The topological polar surface area (TPSA) is 42.2 Å².